The maximum atomic E-state index is 10.7. The Balaban J connectivity index is 1.58. The van der Waals surface area contributed by atoms with E-state index in [0.717, 1.165) is 32.7 Å². The molecule has 1 aliphatic rings. The van der Waals surface area contributed by atoms with Crippen LogP contribution in [0.15, 0.2) is 48.7 Å². The number of rotatable bonds is 6. The molecule has 1 saturated heterocycles. The zero-order chi connectivity index (χ0) is 17.6. The summed E-state index contributed by atoms with van der Waals surface area (Å²) in [5.74, 6) is 0.663. The minimum atomic E-state index is -0.439. The van der Waals surface area contributed by atoms with Gasteiger partial charge in [-0.2, -0.15) is 0 Å². The summed E-state index contributed by atoms with van der Waals surface area (Å²) in [6, 6.07) is 14.1. The molecule has 0 spiro atoms. The van der Waals surface area contributed by atoms with Crippen LogP contribution in [0.5, 0.6) is 0 Å². The number of hydrogen-bond donors (Lipinski definition) is 1. The number of nitrogens with zero attached hydrogens (tertiary/aromatic N) is 4. The molecule has 1 fully saturated rings. The quantitative estimate of drug-likeness (QED) is 0.642. The van der Waals surface area contributed by atoms with Crippen LogP contribution in [0.25, 0.3) is 0 Å². The highest BCUT2D eigenvalue weighted by Crippen LogP contribution is 2.24. The predicted octanol–water partition coefficient (Wildman–Crippen LogP) is 2.39. The number of likely N-dealkylation sites (N-methyl/N-ethyl adjacent to an activating group) is 1. The third kappa shape index (κ3) is 4.52. The van der Waals surface area contributed by atoms with Gasteiger partial charge in [-0.1, -0.05) is 30.3 Å². The van der Waals surface area contributed by atoms with Gasteiger partial charge >= 0.3 is 0 Å². The maximum Gasteiger partial charge on any atom is 0.287 e. The summed E-state index contributed by atoms with van der Waals surface area (Å²) in [5.41, 5.74) is 1.34. The molecule has 132 valence electrons. The molecule has 1 N–H and O–H groups in total. The van der Waals surface area contributed by atoms with Crippen molar-refractivity contribution in [2.24, 2.45) is 0 Å². The number of anilines is 1. The Bertz CT molecular complexity index is 692. The fourth-order valence-corrected chi connectivity index (χ4v) is 3.14. The normalized spacial score (nSPS) is 18.8. The van der Waals surface area contributed by atoms with Gasteiger partial charge in [-0.3, -0.25) is 15.0 Å². The van der Waals surface area contributed by atoms with E-state index in [1.165, 1.54) is 17.8 Å². The van der Waals surface area contributed by atoms with Gasteiger partial charge in [0.15, 0.2) is 0 Å². The van der Waals surface area contributed by atoms with Crippen molar-refractivity contribution in [2.45, 2.75) is 6.04 Å². The lowest BCUT2D eigenvalue weighted by Crippen LogP contribution is -2.48. The standard InChI is InChI=1S/C18H23N5O2/c1-21-11-12-22(17(14-21)15-5-3-2-4-6-15)10-9-19-18-8-7-16(13-20-18)23(24)25/h2-8,13,17H,9-12,14H2,1H3,(H,19,20). The van der Waals surface area contributed by atoms with Gasteiger partial charge in [-0.15, -0.1) is 0 Å². The van der Waals surface area contributed by atoms with Crippen molar-refractivity contribution >= 4 is 11.5 Å². The molecule has 7 heteroatoms. The lowest BCUT2D eigenvalue weighted by molar-refractivity contribution is -0.385. The zero-order valence-electron chi connectivity index (χ0n) is 14.3. The molecule has 2 heterocycles. The Kier molecular flexibility index (Phi) is 5.57. The van der Waals surface area contributed by atoms with Crippen molar-refractivity contribution < 1.29 is 4.92 Å². The van der Waals surface area contributed by atoms with Crippen LogP contribution < -0.4 is 5.32 Å². The molecule has 0 aliphatic carbocycles. The SMILES string of the molecule is CN1CCN(CCNc2ccc([N+](=O)[O-])cn2)C(c2ccccc2)C1. The van der Waals surface area contributed by atoms with Gasteiger partial charge in [-0.25, -0.2) is 4.98 Å². The molecule has 2 aromatic rings. The number of aromatic nitrogens is 1. The molecule has 0 bridgehead atoms. The Morgan fingerprint density at radius 2 is 2.04 bits per heavy atom. The molecule has 0 saturated carbocycles. The van der Waals surface area contributed by atoms with E-state index >= 15 is 0 Å². The first-order valence-electron chi connectivity index (χ1n) is 8.45. The molecular formula is C18H23N5O2. The molecule has 1 atom stereocenters. The van der Waals surface area contributed by atoms with Gasteiger partial charge in [-0.05, 0) is 18.7 Å². The third-order valence-corrected chi connectivity index (χ3v) is 4.54. The van der Waals surface area contributed by atoms with Crippen LogP contribution in [-0.2, 0) is 0 Å². The van der Waals surface area contributed by atoms with Crippen LogP contribution in [0.1, 0.15) is 11.6 Å². The van der Waals surface area contributed by atoms with Gasteiger partial charge in [0.2, 0.25) is 0 Å². The average Bonchev–Trinajstić information content (AvgIpc) is 2.64. The van der Waals surface area contributed by atoms with Gasteiger partial charge in [0.25, 0.3) is 5.69 Å². The lowest BCUT2D eigenvalue weighted by Gasteiger charge is -2.40. The van der Waals surface area contributed by atoms with E-state index in [2.05, 4.69) is 51.4 Å². The van der Waals surface area contributed by atoms with Gasteiger partial charge < -0.3 is 10.2 Å². The van der Waals surface area contributed by atoms with Crippen LogP contribution in [0.3, 0.4) is 0 Å². The van der Waals surface area contributed by atoms with Crippen molar-refractivity contribution in [3.05, 3.63) is 64.3 Å². The number of nitrogens with one attached hydrogen (secondary N) is 1. The predicted molar refractivity (Wildman–Crippen MR) is 97.6 cm³/mol. The summed E-state index contributed by atoms with van der Waals surface area (Å²) in [6.07, 6.45) is 1.28. The van der Waals surface area contributed by atoms with Gasteiger partial charge in [0, 0.05) is 44.8 Å². The first kappa shape index (κ1) is 17.3. The second-order valence-electron chi connectivity index (χ2n) is 6.31. The zero-order valence-corrected chi connectivity index (χ0v) is 14.3. The summed E-state index contributed by atoms with van der Waals surface area (Å²) in [5, 5.41) is 13.9. The summed E-state index contributed by atoms with van der Waals surface area (Å²) < 4.78 is 0. The monoisotopic (exact) mass is 341 g/mol. The molecule has 7 nitrogen and oxygen atoms in total. The van der Waals surface area contributed by atoms with E-state index in [-0.39, 0.29) is 5.69 Å². The number of pyridine rings is 1. The highest BCUT2D eigenvalue weighted by Gasteiger charge is 2.25. The lowest BCUT2D eigenvalue weighted by atomic mass is 10.0. The second-order valence-corrected chi connectivity index (χ2v) is 6.31. The molecule has 1 unspecified atom stereocenters. The van der Waals surface area contributed by atoms with Crippen molar-refractivity contribution in [3.63, 3.8) is 0 Å². The highest BCUT2D eigenvalue weighted by molar-refractivity contribution is 5.40. The van der Waals surface area contributed by atoms with Crippen LogP contribution in [0.2, 0.25) is 0 Å². The minimum Gasteiger partial charge on any atom is -0.369 e. The molecule has 1 aromatic heterocycles. The largest absolute Gasteiger partial charge is 0.369 e. The Morgan fingerprint density at radius 3 is 2.72 bits per heavy atom. The molecule has 0 radical (unpaired) electrons. The Hall–Kier alpha value is -2.51. The minimum absolute atomic E-state index is 0.00811. The van der Waals surface area contributed by atoms with E-state index in [1.807, 2.05) is 6.07 Å². The van der Waals surface area contributed by atoms with Crippen molar-refractivity contribution in [1.82, 2.24) is 14.8 Å². The summed E-state index contributed by atoms with van der Waals surface area (Å²) in [4.78, 5) is 19.2. The highest BCUT2D eigenvalue weighted by atomic mass is 16.6. The number of nitro groups is 1. The van der Waals surface area contributed by atoms with Crippen molar-refractivity contribution in [3.8, 4) is 0 Å². The third-order valence-electron chi connectivity index (χ3n) is 4.54. The molecule has 1 aliphatic heterocycles. The fraction of sp³-hybridized carbons (Fsp3) is 0.389. The van der Waals surface area contributed by atoms with E-state index in [0.29, 0.717) is 11.9 Å². The molecule has 3 rings (SSSR count). The van der Waals surface area contributed by atoms with Crippen LogP contribution in [0, 0.1) is 10.1 Å². The topological polar surface area (TPSA) is 74.5 Å². The second kappa shape index (κ2) is 8.04. The summed E-state index contributed by atoms with van der Waals surface area (Å²) >= 11 is 0. The smallest absolute Gasteiger partial charge is 0.287 e. The first-order chi connectivity index (χ1) is 12.1. The van der Waals surface area contributed by atoms with E-state index in [4.69, 9.17) is 0 Å². The summed E-state index contributed by atoms with van der Waals surface area (Å²) in [6.45, 7) is 4.73. The van der Waals surface area contributed by atoms with E-state index < -0.39 is 4.92 Å². The summed E-state index contributed by atoms with van der Waals surface area (Å²) in [7, 11) is 2.16. The average molecular weight is 341 g/mol. The van der Waals surface area contributed by atoms with Crippen molar-refractivity contribution in [2.75, 3.05) is 45.1 Å². The van der Waals surface area contributed by atoms with Crippen molar-refractivity contribution in [1.29, 1.82) is 0 Å². The number of benzene rings is 1. The van der Waals surface area contributed by atoms with Crippen LogP contribution in [0.4, 0.5) is 11.5 Å². The van der Waals surface area contributed by atoms with Crippen LogP contribution in [-0.4, -0.2) is 59.5 Å². The molecular weight excluding hydrogens is 318 g/mol. The van der Waals surface area contributed by atoms with Gasteiger partial charge in [0.05, 0.1) is 4.92 Å². The van der Waals surface area contributed by atoms with E-state index in [1.54, 1.807) is 6.07 Å². The van der Waals surface area contributed by atoms with Crippen LogP contribution >= 0.6 is 0 Å². The fourth-order valence-electron chi connectivity index (χ4n) is 3.14. The molecule has 1 aromatic carbocycles. The van der Waals surface area contributed by atoms with Gasteiger partial charge in [0.1, 0.15) is 12.0 Å². The Morgan fingerprint density at radius 1 is 1.24 bits per heavy atom. The maximum absolute atomic E-state index is 10.7. The molecule has 0 amide bonds. The number of hydrogen-bond acceptors (Lipinski definition) is 6. The first-order valence-corrected chi connectivity index (χ1v) is 8.45. The Labute approximate surface area is 147 Å². The molecule has 25 heavy (non-hydrogen) atoms. The van der Waals surface area contributed by atoms with E-state index in [9.17, 15) is 10.1 Å². The number of piperazine rings is 1.